The fourth-order valence-corrected chi connectivity index (χ4v) is 5.91. The van der Waals surface area contributed by atoms with Gasteiger partial charge in [0, 0.05) is 12.1 Å². The predicted molar refractivity (Wildman–Crippen MR) is 147 cm³/mol. The molecule has 0 radical (unpaired) electrons. The minimum absolute atomic E-state index is 0. The van der Waals surface area contributed by atoms with Crippen LogP contribution in [0.15, 0.2) is 24.3 Å². The van der Waals surface area contributed by atoms with Gasteiger partial charge < -0.3 is 29.4 Å². The van der Waals surface area contributed by atoms with E-state index in [1.807, 2.05) is 24.3 Å². The molecule has 3 aromatic rings. The maximum absolute atomic E-state index is 6.16. The Bertz CT molecular complexity index is 1170. The number of halogens is 2. The molecule has 0 aliphatic carbocycles. The van der Waals surface area contributed by atoms with Crippen molar-refractivity contribution in [3.63, 3.8) is 0 Å². The highest BCUT2D eigenvalue weighted by molar-refractivity contribution is 7.22. The molecule has 1 aromatic heterocycles. The van der Waals surface area contributed by atoms with Crippen molar-refractivity contribution >= 4 is 51.5 Å². The number of fused-ring (bicyclic) bond motifs is 2. The Labute approximate surface area is 227 Å². The van der Waals surface area contributed by atoms with E-state index in [1.54, 1.807) is 21.3 Å². The van der Waals surface area contributed by atoms with Crippen molar-refractivity contribution < 1.29 is 23.7 Å². The van der Waals surface area contributed by atoms with E-state index in [0.717, 1.165) is 66.2 Å². The zero-order chi connectivity index (χ0) is 23.7. The summed E-state index contributed by atoms with van der Waals surface area (Å²) in [6, 6.07) is 7.86. The molecule has 1 atom stereocenters. The molecule has 0 bridgehead atoms. The summed E-state index contributed by atoms with van der Waals surface area (Å²) in [7, 11) is 4.92. The van der Waals surface area contributed by atoms with Gasteiger partial charge >= 0.3 is 0 Å². The fraction of sp³-hybridized carbons (Fsp3) is 0.480. The van der Waals surface area contributed by atoms with Gasteiger partial charge in [-0.1, -0.05) is 23.5 Å². The van der Waals surface area contributed by atoms with Crippen LogP contribution in [0.3, 0.4) is 0 Å². The van der Waals surface area contributed by atoms with Crippen LogP contribution < -0.4 is 29.4 Å². The molecular weight excluding hydrogens is 525 g/mol. The second kappa shape index (κ2) is 12.3. The van der Waals surface area contributed by atoms with Gasteiger partial charge in [0.15, 0.2) is 28.1 Å². The van der Waals surface area contributed by atoms with Crippen molar-refractivity contribution in [2.75, 3.05) is 53.3 Å². The molecule has 1 unspecified atom stereocenters. The molecule has 3 heterocycles. The summed E-state index contributed by atoms with van der Waals surface area (Å²) in [5.41, 5.74) is 7.97. The number of nitrogens with two attached hydrogens (primary N) is 1. The van der Waals surface area contributed by atoms with E-state index >= 15 is 0 Å². The molecule has 1 saturated heterocycles. The third-order valence-corrected chi connectivity index (χ3v) is 7.55. The first-order valence-corrected chi connectivity index (χ1v) is 12.4. The topological polar surface area (TPSA) is 88.3 Å². The summed E-state index contributed by atoms with van der Waals surface area (Å²) in [6.45, 7) is 3.49. The van der Waals surface area contributed by atoms with E-state index in [4.69, 9.17) is 29.4 Å². The molecule has 8 nitrogen and oxygen atoms in total. The molecule has 2 aromatic carbocycles. The molecule has 2 aliphatic heterocycles. The molecule has 11 heteroatoms. The Hall–Kier alpha value is -2.33. The number of aromatic nitrogens is 1. The van der Waals surface area contributed by atoms with Crippen molar-refractivity contribution in [2.45, 2.75) is 25.4 Å². The van der Waals surface area contributed by atoms with Gasteiger partial charge in [-0.25, -0.2) is 4.98 Å². The summed E-state index contributed by atoms with van der Waals surface area (Å²) in [6.07, 6.45) is 3.08. The van der Waals surface area contributed by atoms with E-state index in [2.05, 4.69) is 9.88 Å². The zero-order valence-electron chi connectivity index (χ0n) is 20.7. The quantitative estimate of drug-likeness (QED) is 0.441. The van der Waals surface area contributed by atoms with Crippen LogP contribution in [0.2, 0.25) is 0 Å². The molecule has 36 heavy (non-hydrogen) atoms. The highest BCUT2D eigenvalue weighted by atomic mass is 35.5. The number of nitrogens with zero attached hydrogens (tertiary/aromatic N) is 2. The van der Waals surface area contributed by atoms with Gasteiger partial charge in [0.1, 0.15) is 17.4 Å². The lowest BCUT2D eigenvalue weighted by Crippen LogP contribution is -2.44. The number of piperidine rings is 1. The zero-order valence-corrected chi connectivity index (χ0v) is 23.1. The van der Waals surface area contributed by atoms with Gasteiger partial charge in [-0.05, 0) is 50.4 Å². The smallest absolute Gasteiger partial charge is 0.205 e. The van der Waals surface area contributed by atoms with Crippen LogP contribution in [0.1, 0.15) is 18.4 Å². The number of thiazole rings is 1. The molecule has 5 rings (SSSR count). The van der Waals surface area contributed by atoms with Gasteiger partial charge in [0.05, 0.1) is 26.8 Å². The van der Waals surface area contributed by atoms with E-state index in [9.17, 15) is 0 Å². The number of benzene rings is 2. The Morgan fingerprint density at radius 3 is 2.33 bits per heavy atom. The largest absolute Gasteiger partial charge is 0.492 e. The van der Waals surface area contributed by atoms with Crippen molar-refractivity contribution in [2.24, 2.45) is 5.92 Å². The number of ether oxygens (including phenoxy) is 5. The number of hydrogen-bond donors (Lipinski definition) is 1. The highest BCUT2D eigenvalue weighted by Gasteiger charge is 2.30. The lowest BCUT2D eigenvalue weighted by molar-refractivity contribution is 0.0478. The maximum atomic E-state index is 6.16. The Kier molecular flexibility index (Phi) is 9.63. The first-order chi connectivity index (χ1) is 16.6. The van der Waals surface area contributed by atoms with Gasteiger partial charge in [-0.3, -0.25) is 4.90 Å². The van der Waals surface area contributed by atoms with Crippen molar-refractivity contribution in [1.29, 1.82) is 0 Å². The number of methoxy groups -OCH3 is 3. The van der Waals surface area contributed by atoms with Crippen LogP contribution in [-0.2, 0) is 6.42 Å². The second-order valence-corrected chi connectivity index (χ2v) is 9.78. The van der Waals surface area contributed by atoms with Crippen LogP contribution in [0.5, 0.6) is 28.7 Å². The van der Waals surface area contributed by atoms with Crippen LogP contribution in [0, 0.1) is 5.92 Å². The Balaban J connectivity index is 0.00000180. The van der Waals surface area contributed by atoms with Crippen molar-refractivity contribution in [3.05, 3.63) is 29.8 Å². The van der Waals surface area contributed by atoms with E-state index < -0.39 is 0 Å². The SMILES string of the molecule is COc1c(OC)c(OC)c2sc(N)nc2c1CC1CCN(CC2COc3ccccc3O2)CC1.Cl.Cl. The summed E-state index contributed by atoms with van der Waals surface area (Å²) in [4.78, 5) is 7.09. The molecule has 2 aliphatic rings. The van der Waals surface area contributed by atoms with Crippen LogP contribution >= 0.6 is 36.2 Å². The molecule has 0 saturated carbocycles. The van der Waals surface area contributed by atoms with Crippen molar-refractivity contribution in [3.8, 4) is 28.7 Å². The number of likely N-dealkylation sites (tertiary alicyclic amines) is 1. The number of hydrogen-bond acceptors (Lipinski definition) is 9. The molecular formula is C25H33Cl2N3O5S. The van der Waals surface area contributed by atoms with Gasteiger partial charge in [-0.2, -0.15) is 0 Å². The standard InChI is InChI=1S/C25H31N3O5S.2ClH/c1-29-21-17(20-24(34-25(26)27-20)23(31-3)22(21)30-2)12-15-8-10-28(11-9-15)13-16-14-32-18-6-4-5-7-19(18)33-16;;/h4-7,15-16H,8-14H2,1-3H3,(H2,26,27);2*1H. The molecule has 0 amide bonds. The third kappa shape index (κ3) is 5.49. The summed E-state index contributed by atoms with van der Waals surface area (Å²) in [5, 5.41) is 0.510. The summed E-state index contributed by atoms with van der Waals surface area (Å²) in [5.74, 6) is 4.09. The number of anilines is 1. The van der Waals surface area contributed by atoms with Gasteiger partial charge in [-0.15, -0.1) is 24.8 Å². The number of para-hydroxylation sites is 2. The number of rotatable bonds is 7. The van der Waals surface area contributed by atoms with Crippen molar-refractivity contribution in [1.82, 2.24) is 9.88 Å². The molecule has 1 fully saturated rings. The number of nitrogen functional groups attached to an aromatic ring is 1. The van der Waals surface area contributed by atoms with Gasteiger partial charge in [0.2, 0.25) is 5.75 Å². The summed E-state index contributed by atoms with van der Waals surface area (Å²) < 4.78 is 30.1. The van der Waals surface area contributed by atoms with Crippen LogP contribution in [-0.4, -0.2) is 63.6 Å². The Morgan fingerprint density at radius 1 is 1.00 bits per heavy atom. The fourth-order valence-electron chi connectivity index (χ4n) is 5.02. The summed E-state index contributed by atoms with van der Waals surface area (Å²) >= 11 is 1.42. The Morgan fingerprint density at radius 2 is 1.67 bits per heavy atom. The molecule has 0 spiro atoms. The molecule has 198 valence electrons. The van der Waals surface area contributed by atoms with Crippen LogP contribution in [0.25, 0.3) is 10.2 Å². The average Bonchev–Trinajstić information content (AvgIpc) is 3.25. The average molecular weight is 559 g/mol. The first kappa shape index (κ1) is 28.2. The lowest BCUT2D eigenvalue weighted by atomic mass is 9.89. The third-order valence-electron chi connectivity index (χ3n) is 6.66. The normalized spacial score (nSPS) is 17.7. The highest BCUT2D eigenvalue weighted by Crippen LogP contribution is 2.50. The first-order valence-electron chi connectivity index (χ1n) is 11.6. The van der Waals surface area contributed by atoms with E-state index in [-0.39, 0.29) is 30.9 Å². The van der Waals surface area contributed by atoms with E-state index in [0.29, 0.717) is 34.9 Å². The predicted octanol–water partition coefficient (Wildman–Crippen LogP) is 4.84. The maximum Gasteiger partial charge on any atom is 0.205 e. The monoisotopic (exact) mass is 557 g/mol. The minimum Gasteiger partial charge on any atom is -0.492 e. The van der Waals surface area contributed by atoms with E-state index in [1.165, 1.54) is 11.3 Å². The van der Waals surface area contributed by atoms with Crippen LogP contribution in [0.4, 0.5) is 5.13 Å². The minimum atomic E-state index is 0. The second-order valence-electron chi connectivity index (χ2n) is 8.75. The molecule has 2 N–H and O–H groups in total. The lowest BCUT2D eigenvalue weighted by Gasteiger charge is -2.35. The van der Waals surface area contributed by atoms with Gasteiger partial charge in [0.25, 0.3) is 0 Å².